The molecule has 2 amide bonds. The lowest BCUT2D eigenvalue weighted by Crippen LogP contribution is -2.46. The van der Waals surface area contributed by atoms with Gasteiger partial charge in [0.25, 0.3) is 0 Å². The predicted octanol–water partition coefficient (Wildman–Crippen LogP) is 2.66. The molecule has 6 heteroatoms. The number of hydrogen-bond donors (Lipinski definition) is 3. The Hall–Kier alpha value is -2.60. The zero-order valence-electron chi connectivity index (χ0n) is 14.8. The van der Waals surface area contributed by atoms with E-state index in [2.05, 4.69) is 10.6 Å². The summed E-state index contributed by atoms with van der Waals surface area (Å²) in [6.07, 6.45) is -1.46. The molecule has 0 spiro atoms. The van der Waals surface area contributed by atoms with E-state index in [0.29, 0.717) is 6.54 Å². The summed E-state index contributed by atoms with van der Waals surface area (Å²) in [4.78, 5) is 23.7. The maximum atomic E-state index is 12.0. The van der Waals surface area contributed by atoms with E-state index >= 15 is 0 Å². The van der Waals surface area contributed by atoms with Crippen LogP contribution in [0, 0.1) is 0 Å². The number of alkyl carbamates (subject to hydrolysis) is 1. The average molecular weight is 343 g/mol. The summed E-state index contributed by atoms with van der Waals surface area (Å²) in [5.41, 5.74) is 6.20. The number of benzene rings is 2. The van der Waals surface area contributed by atoms with Crippen LogP contribution in [0.4, 0.5) is 4.79 Å². The van der Waals surface area contributed by atoms with E-state index in [-0.39, 0.29) is 12.3 Å². The molecular formula is C19H25N3O3. The number of fused-ring (bicyclic) bond motifs is 1. The second-order valence-corrected chi connectivity index (χ2v) is 6.87. The van der Waals surface area contributed by atoms with Crippen molar-refractivity contribution in [2.45, 2.75) is 45.5 Å². The highest BCUT2D eigenvalue weighted by molar-refractivity contribution is 5.86. The van der Waals surface area contributed by atoms with Crippen molar-refractivity contribution in [1.29, 1.82) is 0 Å². The number of nitrogens with two attached hydrogens (primary N) is 1. The van der Waals surface area contributed by atoms with Gasteiger partial charge in [0.15, 0.2) is 0 Å². The highest BCUT2D eigenvalue weighted by Gasteiger charge is 2.19. The van der Waals surface area contributed by atoms with E-state index in [1.54, 1.807) is 20.8 Å². The molecule has 0 heterocycles. The predicted molar refractivity (Wildman–Crippen MR) is 97.8 cm³/mol. The van der Waals surface area contributed by atoms with Crippen molar-refractivity contribution >= 4 is 22.8 Å². The summed E-state index contributed by atoms with van der Waals surface area (Å²) in [5, 5.41) is 7.50. The Labute approximate surface area is 147 Å². The maximum Gasteiger partial charge on any atom is 0.408 e. The third-order valence-corrected chi connectivity index (χ3v) is 3.46. The molecule has 0 aliphatic heterocycles. The minimum Gasteiger partial charge on any atom is -0.444 e. The Morgan fingerprint density at radius 3 is 2.52 bits per heavy atom. The molecule has 4 N–H and O–H groups in total. The van der Waals surface area contributed by atoms with E-state index in [1.807, 2.05) is 42.5 Å². The van der Waals surface area contributed by atoms with Crippen molar-refractivity contribution in [3.63, 3.8) is 0 Å². The first-order chi connectivity index (χ1) is 11.7. The Morgan fingerprint density at radius 2 is 1.80 bits per heavy atom. The van der Waals surface area contributed by atoms with E-state index in [1.165, 1.54) is 0 Å². The van der Waals surface area contributed by atoms with Crippen molar-refractivity contribution in [1.82, 2.24) is 10.6 Å². The Morgan fingerprint density at radius 1 is 1.12 bits per heavy atom. The molecule has 25 heavy (non-hydrogen) atoms. The van der Waals surface area contributed by atoms with E-state index in [0.717, 1.165) is 16.3 Å². The van der Waals surface area contributed by atoms with Crippen LogP contribution in [0.3, 0.4) is 0 Å². The van der Waals surface area contributed by atoms with Crippen LogP contribution in [-0.2, 0) is 16.1 Å². The minimum absolute atomic E-state index is 0.0238. The molecule has 1 atom stereocenters. The molecule has 2 aromatic carbocycles. The van der Waals surface area contributed by atoms with Gasteiger partial charge in [-0.05, 0) is 37.1 Å². The van der Waals surface area contributed by atoms with E-state index in [4.69, 9.17) is 10.5 Å². The summed E-state index contributed by atoms with van der Waals surface area (Å²) in [6.45, 7) is 5.68. The van der Waals surface area contributed by atoms with Gasteiger partial charge >= 0.3 is 6.09 Å². The maximum absolute atomic E-state index is 12.0. The number of carbonyl (C=O) groups is 2. The van der Waals surface area contributed by atoms with Gasteiger partial charge in [-0.2, -0.15) is 0 Å². The molecule has 6 nitrogen and oxygen atoms in total. The Balaban J connectivity index is 1.85. The van der Waals surface area contributed by atoms with Gasteiger partial charge in [-0.1, -0.05) is 42.5 Å². The first-order valence-corrected chi connectivity index (χ1v) is 8.23. The van der Waals surface area contributed by atoms with Gasteiger partial charge in [0, 0.05) is 6.54 Å². The summed E-state index contributed by atoms with van der Waals surface area (Å²) in [7, 11) is 0. The molecule has 0 saturated carbocycles. The average Bonchev–Trinajstić information content (AvgIpc) is 2.50. The summed E-state index contributed by atoms with van der Waals surface area (Å²) < 4.78 is 5.11. The smallest absolute Gasteiger partial charge is 0.408 e. The molecule has 0 radical (unpaired) electrons. The van der Waals surface area contributed by atoms with Crippen molar-refractivity contribution in [3.8, 4) is 0 Å². The van der Waals surface area contributed by atoms with Crippen molar-refractivity contribution in [2.75, 3.05) is 0 Å². The molecule has 2 aromatic rings. The first-order valence-electron chi connectivity index (χ1n) is 8.23. The Bertz CT molecular complexity index is 748. The van der Waals surface area contributed by atoms with Crippen LogP contribution in [-0.4, -0.2) is 23.8 Å². The molecule has 1 unspecified atom stereocenters. The first kappa shape index (κ1) is 18.7. The molecule has 0 aromatic heterocycles. The molecular weight excluding hydrogens is 318 g/mol. The highest BCUT2D eigenvalue weighted by Crippen LogP contribution is 2.18. The van der Waals surface area contributed by atoms with Crippen molar-refractivity contribution in [2.24, 2.45) is 5.73 Å². The van der Waals surface area contributed by atoms with Crippen molar-refractivity contribution < 1.29 is 14.3 Å². The molecule has 0 fully saturated rings. The monoisotopic (exact) mass is 343 g/mol. The highest BCUT2D eigenvalue weighted by atomic mass is 16.6. The van der Waals surface area contributed by atoms with Crippen LogP contribution < -0.4 is 16.4 Å². The molecule has 2 rings (SSSR count). The fraction of sp³-hybridized carbons (Fsp3) is 0.368. The largest absolute Gasteiger partial charge is 0.444 e. The van der Waals surface area contributed by atoms with Crippen LogP contribution in [0.15, 0.2) is 42.5 Å². The van der Waals surface area contributed by atoms with Gasteiger partial charge in [-0.15, -0.1) is 0 Å². The normalized spacial score (nSPS) is 12.5. The number of amides is 2. The van der Waals surface area contributed by atoms with Crippen LogP contribution in [0.25, 0.3) is 10.8 Å². The standard InChI is InChI=1S/C19H25N3O3/c1-19(2,3)25-18(24)22-16(20)11-17(23)21-12-14-9-6-8-13-7-4-5-10-15(13)14/h4-10,16H,11-12,20H2,1-3H3,(H,21,23)(H,22,24). The van der Waals surface area contributed by atoms with Crippen LogP contribution in [0.1, 0.15) is 32.8 Å². The molecule has 0 aliphatic carbocycles. The lowest BCUT2D eigenvalue weighted by atomic mass is 10.0. The third-order valence-electron chi connectivity index (χ3n) is 3.46. The fourth-order valence-electron chi connectivity index (χ4n) is 2.42. The number of rotatable bonds is 5. The number of carbonyl (C=O) groups excluding carboxylic acids is 2. The molecule has 0 saturated heterocycles. The van der Waals surface area contributed by atoms with Crippen LogP contribution in [0.2, 0.25) is 0 Å². The van der Waals surface area contributed by atoms with Gasteiger partial charge in [0.05, 0.1) is 12.6 Å². The van der Waals surface area contributed by atoms with E-state index < -0.39 is 17.9 Å². The molecule has 134 valence electrons. The van der Waals surface area contributed by atoms with Gasteiger partial charge in [-0.3, -0.25) is 4.79 Å². The zero-order valence-corrected chi connectivity index (χ0v) is 14.8. The van der Waals surface area contributed by atoms with Gasteiger partial charge in [0.1, 0.15) is 5.60 Å². The van der Waals surface area contributed by atoms with E-state index in [9.17, 15) is 9.59 Å². The second-order valence-electron chi connectivity index (χ2n) is 6.87. The van der Waals surface area contributed by atoms with Crippen LogP contribution >= 0.6 is 0 Å². The Kier molecular flexibility index (Phi) is 5.98. The van der Waals surface area contributed by atoms with Gasteiger partial charge in [-0.25, -0.2) is 4.79 Å². The lowest BCUT2D eigenvalue weighted by molar-refractivity contribution is -0.121. The quantitative estimate of drug-likeness (QED) is 0.728. The summed E-state index contributed by atoms with van der Waals surface area (Å²) in [6, 6.07) is 14.0. The summed E-state index contributed by atoms with van der Waals surface area (Å²) >= 11 is 0. The fourth-order valence-corrected chi connectivity index (χ4v) is 2.42. The van der Waals surface area contributed by atoms with Crippen molar-refractivity contribution in [3.05, 3.63) is 48.0 Å². The molecule has 0 aliphatic rings. The summed E-state index contributed by atoms with van der Waals surface area (Å²) in [5.74, 6) is -0.239. The minimum atomic E-state index is -0.803. The van der Waals surface area contributed by atoms with Gasteiger partial charge < -0.3 is 21.1 Å². The topological polar surface area (TPSA) is 93.4 Å². The number of hydrogen-bond acceptors (Lipinski definition) is 4. The SMILES string of the molecule is CC(C)(C)OC(=O)NC(N)CC(=O)NCc1cccc2ccccc12. The number of ether oxygens (including phenoxy) is 1. The number of nitrogens with one attached hydrogen (secondary N) is 2. The molecule has 0 bridgehead atoms. The second kappa shape index (κ2) is 7.98. The van der Waals surface area contributed by atoms with Crippen LogP contribution in [0.5, 0.6) is 0 Å². The zero-order chi connectivity index (χ0) is 18.4. The third kappa shape index (κ3) is 6.08. The lowest BCUT2D eigenvalue weighted by Gasteiger charge is -2.21. The van der Waals surface area contributed by atoms with Gasteiger partial charge in [0.2, 0.25) is 5.91 Å².